The average Bonchev–Trinajstić information content (AvgIpc) is 2.77. The molecule has 0 aliphatic carbocycles. The summed E-state index contributed by atoms with van der Waals surface area (Å²) in [5.74, 6) is 2.25. The van der Waals surface area contributed by atoms with Crippen molar-refractivity contribution in [2.75, 3.05) is 23.9 Å². The van der Waals surface area contributed by atoms with E-state index in [1.54, 1.807) is 17.7 Å². The quantitative estimate of drug-likeness (QED) is 0.780. The summed E-state index contributed by atoms with van der Waals surface area (Å²) in [6.07, 6.45) is 7.61. The van der Waals surface area contributed by atoms with E-state index in [2.05, 4.69) is 33.8 Å². The zero-order valence-electron chi connectivity index (χ0n) is 10.9. The van der Waals surface area contributed by atoms with Gasteiger partial charge in [0.1, 0.15) is 12.1 Å². The van der Waals surface area contributed by atoms with Crippen LogP contribution < -0.4 is 5.32 Å². The van der Waals surface area contributed by atoms with Crippen LogP contribution in [0.4, 0.5) is 5.82 Å². The Labute approximate surface area is 116 Å². The molecule has 0 amide bonds. The topological polar surface area (TPSA) is 37.8 Å². The molecule has 0 saturated heterocycles. The summed E-state index contributed by atoms with van der Waals surface area (Å²) >= 11 is 3.64. The number of unbranched alkanes of at least 4 members (excludes halogenated alkanes) is 2. The molecule has 0 aliphatic heterocycles. The van der Waals surface area contributed by atoms with Crippen molar-refractivity contribution in [2.45, 2.75) is 26.2 Å². The number of hydrogen-bond acceptors (Lipinski definition) is 5. The van der Waals surface area contributed by atoms with Gasteiger partial charge in [-0.25, -0.2) is 9.97 Å². The molecule has 2 aromatic rings. The average molecular weight is 281 g/mol. The molecule has 0 bridgehead atoms. The van der Waals surface area contributed by atoms with Gasteiger partial charge in [-0.1, -0.05) is 6.42 Å². The number of hydrogen-bond donors (Lipinski definition) is 1. The van der Waals surface area contributed by atoms with E-state index in [-0.39, 0.29) is 0 Å². The van der Waals surface area contributed by atoms with Crippen LogP contribution in [0.1, 0.15) is 24.8 Å². The lowest BCUT2D eigenvalue weighted by atomic mass is 10.2. The third-order valence-electron chi connectivity index (χ3n) is 2.85. The summed E-state index contributed by atoms with van der Waals surface area (Å²) in [4.78, 5) is 8.66. The van der Waals surface area contributed by atoms with E-state index < -0.39 is 0 Å². The van der Waals surface area contributed by atoms with Gasteiger partial charge in [0.2, 0.25) is 0 Å². The summed E-state index contributed by atoms with van der Waals surface area (Å²) in [5.41, 5.74) is 2.32. The lowest BCUT2D eigenvalue weighted by Crippen LogP contribution is -2.03. The number of nitrogens with zero attached hydrogens (tertiary/aromatic N) is 2. The molecule has 5 heteroatoms. The third kappa shape index (κ3) is 3.36. The summed E-state index contributed by atoms with van der Waals surface area (Å²) in [5, 5.41) is 5.57. The molecule has 0 atom stereocenters. The van der Waals surface area contributed by atoms with Crippen LogP contribution in [0.15, 0.2) is 11.7 Å². The highest BCUT2D eigenvalue weighted by atomic mass is 32.2. The van der Waals surface area contributed by atoms with Gasteiger partial charge in [0, 0.05) is 6.54 Å². The molecule has 2 rings (SSSR count). The second-order valence-electron chi connectivity index (χ2n) is 4.30. The monoisotopic (exact) mass is 281 g/mol. The summed E-state index contributed by atoms with van der Waals surface area (Å²) < 4.78 is 1.18. The second-order valence-corrected chi connectivity index (χ2v) is 6.16. The van der Waals surface area contributed by atoms with Gasteiger partial charge in [0.05, 0.1) is 10.2 Å². The number of anilines is 1. The molecule has 0 radical (unpaired) electrons. The minimum Gasteiger partial charge on any atom is -0.369 e. The highest BCUT2D eigenvalue weighted by Gasteiger charge is 2.06. The molecule has 0 aromatic carbocycles. The Morgan fingerprint density at radius 2 is 2.17 bits per heavy atom. The van der Waals surface area contributed by atoms with E-state index in [9.17, 15) is 0 Å². The molecular formula is C13H19N3S2. The Hall–Kier alpha value is -0.810. The zero-order valence-corrected chi connectivity index (χ0v) is 12.5. The summed E-state index contributed by atoms with van der Waals surface area (Å²) in [6, 6.07) is 0. The summed E-state index contributed by atoms with van der Waals surface area (Å²) in [6.45, 7) is 3.09. The van der Waals surface area contributed by atoms with E-state index in [1.807, 2.05) is 11.8 Å². The molecule has 0 fully saturated rings. The molecule has 0 spiro atoms. The molecule has 2 aromatic heterocycles. The largest absolute Gasteiger partial charge is 0.369 e. The second kappa shape index (κ2) is 6.95. The van der Waals surface area contributed by atoms with Crippen LogP contribution in [0, 0.1) is 6.92 Å². The molecule has 18 heavy (non-hydrogen) atoms. The van der Waals surface area contributed by atoms with E-state index in [0.717, 1.165) is 17.9 Å². The molecule has 0 aliphatic rings. The molecule has 0 saturated carbocycles. The molecular weight excluding hydrogens is 262 g/mol. The fraction of sp³-hybridized carbons (Fsp3) is 0.538. The number of nitrogens with one attached hydrogen (secondary N) is 1. The molecule has 1 N–H and O–H groups in total. The van der Waals surface area contributed by atoms with E-state index in [0.29, 0.717) is 0 Å². The van der Waals surface area contributed by atoms with Gasteiger partial charge >= 0.3 is 0 Å². The fourth-order valence-electron chi connectivity index (χ4n) is 1.85. The number of aromatic nitrogens is 2. The van der Waals surface area contributed by atoms with Crippen LogP contribution >= 0.6 is 23.1 Å². The summed E-state index contributed by atoms with van der Waals surface area (Å²) in [7, 11) is 0. The van der Waals surface area contributed by atoms with Crippen molar-refractivity contribution in [1.29, 1.82) is 0 Å². The Balaban J connectivity index is 1.88. The normalized spacial score (nSPS) is 11.0. The maximum absolute atomic E-state index is 4.34. The molecule has 98 valence electrons. The Kier molecular flexibility index (Phi) is 5.26. The van der Waals surface area contributed by atoms with Gasteiger partial charge in [-0.15, -0.1) is 11.3 Å². The first-order valence-corrected chi connectivity index (χ1v) is 8.52. The number of thiophene rings is 1. The van der Waals surface area contributed by atoms with E-state index >= 15 is 0 Å². The van der Waals surface area contributed by atoms with Crippen molar-refractivity contribution >= 4 is 39.1 Å². The lowest BCUT2D eigenvalue weighted by molar-refractivity contribution is 0.748. The maximum Gasteiger partial charge on any atom is 0.147 e. The first kappa shape index (κ1) is 13.6. The van der Waals surface area contributed by atoms with E-state index in [4.69, 9.17) is 0 Å². The fourth-order valence-corrected chi connectivity index (χ4v) is 3.31. The van der Waals surface area contributed by atoms with Crippen LogP contribution in [0.2, 0.25) is 0 Å². The van der Waals surface area contributed by atoms with Gasteiger partial charge in [0.25, 0.3) is 0 Å². The predicted molar refractivity (Wildman–Crippen MR) is 82.9 cm³/mol. The number of rotatable bonds is 7. The van der Waals surface area contributed by atoms with Gasteiger partial charge in [0.15, 0.2) is 0 Å². The van der Waals surface area contributed by atoms with Crippen LogP contribution in [-0.4, -0.2) is 28.5 Å². The first-order valence-electron chi connectivity index (χ1n) is 6.24. The standard InChI is InChI=1S/C13H19N3S2/c1-10-8-18-12-11(10)15-9-16-13(12)14-6-4-3-5-7-17-2/h8-9H,3-7H2,1-2H3,(H,14,15,16). The Morgan fingerprint density at radius 1 is 1.28 bits per heavy atom. The molecule has 2 heterocycles. The van der Waals surface area contributed by atoms with Crippen molar-refractivity contribution in [2.24, 2.45) is 0 Å². The van der Waals surface area contributed by atoms with Gasteiger partial charge in [-0.05, 0) is 42.7 Å². The highest BCUT2D eigenvalue weighted by Crippen LogP contribution is 2.28. The van der Waals surface area contributed by atoms with Crippen molar-refractivity contribution < 1.29 is 0 Å². The zero-order chi connectivity index (χ0) is 12.8. The number of fused-ring (bicyclic) bond motifs is 1. The van der Waals surface area contributed by atoms with Crippen LogP contribution in [0.25, 0.3) is 10.2 Å². The minimum absolute atomic E-state index is 0.989. The van der Waals surface area contributed by atoms with Crippen molar-refractivity contribution in [3.63, 3.8) is 0 Å². The van der Waals surface area contributed by atoms with Gasteiger partial charge in [-0.2, -0.15) is 11.8 Å². The maximum atomic E-state index is 4.34. The smallest absolute Gasteiger partial charge is 0.147 e. The van der Waals surface area contributed by atoms with Crippen molar-refractivity contribution in [1.82, 2.24) is 9.97 Å². The van der Waals surface area contributed by atoms with Crippen LogP contribution in [-0.2, 0) is 0 Å². The number of aryl methyl sites for hydroxylation is 1. The van der Waals surface area contributed by atoms with Crippen molar-refractivity contribution in [3.05, 3.63) is 17.3 Å². The van der Waals surface area contributed by atoms with Gasteiger partial charge in [-0.3, -0.25) is 0 Å². The first-order chi connectivity index (χ1) is 8.83. The molecule has 0 unspecified atom stereocenters. The minimum atomic E-state index is 0.989. The van der Waals surface area contributed by atoms with Crippen molar-refractivity contribution in [3.8, 4) is 0 Å². The third-order valence-corrected chi connectivity index (χ3v) is 4.64. The Bertz CT molecular complexity index is 496. The SMILES string of the molecule is CSCCCCCNc1ncnc2c(C)csc12. The Morgan fingerprint density at radius 3 is 3.00 bits per heavy atom. The lowest BCUT2D eigenvalue weighted by Gasteiger charge is -2.05. The molecule has 3 nitrogen and oxygen atoms in total. The predicted octanol–water partition coefficient (Wildman–Crippen LogP) is 3.94. The van der Waals surface area contributed by atoms with Crippen LogP contribution in [0.3, 0.4) is 0 Å². The van der Waals surface area contributed by atoms with Gasteiger partial charge < -0.3 is 5.32 Å². The van der Waals surface area contributed by atoms with Crippen LogP contribution in [0.5, 0.6) is 0 Å². The highest BCUT2D eigenvalue weighted by molar-refractivity contribution is 7.98. The van der Waals surface area contributed by atoms with E-state index in [1.165, 1.54) is 35.3 Å². The number of thioether (sulfide) groups is 1.